The molecule has 1 aromatic rings. The highest BCUT2D eigenvalue weighted by Gasteiger charge is 2.41. The second-order valence-electron chi connectivity index (χ2n) is 5.29. The van der Waals surface area contributed by atoms with Crippen molar-refractivity contribution >= 4 is 16.0 Å². The summed E-state index contributed by atoms with van der Waals surface area (Å²) in [5.74, 6) is -3.18. The minimum absolute atomic E-state index is 0.0269. The number of aliphatic carboxylic acids is 1. The van der Waals surface area contributed by atoms with E-state index in [1.54, 1.807) is 0 Å². The number of carboxylic acid groups (broad SMARTS) is 1. The zero-order valence-electron chi connectivity index (χ0n) is 11.7. The van der Waals surface area contributed by atoms with E-state index in [4.69, 9.17) is 9.84 Å². The summed E-state index contributed by atoms with van der Waals surface area (Å²) in [5, 5.41) is 8.92. The molecular formula is C13H15F2NO5S. The van der Waals surface area contributed by atoms with Crippen LogP contribution in [-0.4, -0.2) is 38.2 Å². The average molecular weight is 335 g/mol. The molecular weight excluding hydrogens is 320 g/mol. The van der Waals surface area contributed by atoms with Gasteiger partial charge in [-0.2, -0.15) is 0 Å². The van der Waals surface area contributed by atoms with E-state index in [0.29, 0.717) is 6.07 Å². The summed E-state index contributed by atoms with van der Waals surface area (Å²) in [7, 11) is -4.43. The fourth-order valence-electron chi connectivity index (χ4n) is 2.33. The molecule has 9 heteroatoms. The van der Waals surface area contributed by atoms with E-state index in [9.17, 15) is 22.0 Å². The van der Waals surface area contributed by atoms with Gasteiger partial charge in [0, 0.05) is 6.61 Å². The Hall–Kier alpha value is -1.58. The zero-order chi connectivity index (χ0) is 16.5. The Labute approximate surface area is 126 Å². The maximum Gasteiger partial charge on any atom is 0.305 e. The number of sulfonamides is 1. The van der Waals surface area contributed by atoms with Crippen LogP contribution < -0.4 is 4.72 Å². The molecule has 1 unspecified atom stereocenters. The fourth-order valence-corrected chi connectivity index (χ4v) is 3.81. The van der Waals surface area contributed by atoms with Crippen molar-refractivity contribution in [2.45, 2.75) is 30.2 Å². The van der Waals surface area contributed by atoms with E-state index in [-0.39, 0.29) is 25.2 Å². The first-order chi connectivity index (χ1) is 10.2. The Morgan fingerprint density at radius 3 is 2.64 bits per heavy atom. The molecule has 2 rings (SSSR count). The molecule has 1 aromatic carbocycles. The van der Waals surface area contributed by atoms with Crippen molar-refractivity contribution in [1.82, 2.24) is 4.72 Å². The molecule has 1 fully saturated rings. The van der Waals surface area contributed by atoms with Gasteiger partial charge >= 0.3 is 5.97 Å². The van der Waals surface area contributed by atoms with Gasteiger partial charge in [-0.1, -0.05) is 0 Å². The Morgan fingerprint density at radius 2 is 2.09 bits per heavy atom. The van der Waals surface area contributed by atoms with E-state index < -0.39 is 44.5 Å². The van der Waals surface area contributed by atoms with Crippen molar-refractivity contribution in [2.24, 2.45) is 0 Å². The van der Waals surface area contributed by atoms with Gasteiger partial charge in [-0.15, -0.1) is 0 Å². The van der Waals surface area contributed by atoms with E-state index in [2.05, 4.69) is 4.72 Å². The molecule has 0 spiro atoms. The molecule has 1 atom stereocenters. The molecule has 0 bridgehead atoms. The van der Waals surface area contributed by atoms with Crippen LogP contribution in [0, 0.1) is 18.6 Å². The molecule has 1 aliphatic rings. The number of rotatable bonds is 5. The third-order valence-electron chi connectivity index (χ3n) is 3.45. The van der Waals surface area contributed by atoms with E-state index in [0.717, 1.165) is 6.07 Å². The molecule has 0 aliphatic carbocycles. The number of halogens is 2. The van der Waals surface area contributed by atoms with Gasteiger partial charge in [0.1, 0.15) is 16.5 Å². The van der Waals surface area contributed by atoms with Gasteiger partial charge in [0.15, 0.2) is 0 Å². The number of hydrogen-bond donors (Lipinski definition) is 2. The Bertz CT molecular complexity index is 699. The van der Waals surface area contributed by atoms with E-state index in [1.807, 2.05) is 0 Å². The van der Waals surface area contributed by atoms with Crippen LogP contribution in [0.15, 0.2) is 17.0 Å². The van der Waals surface area contributed by atoms with Crippen molar-refractivity contribution in [3.63, 3.8) is 0 Å². The van der Waals surface area contributed by atoms with Gasteiger partial charge in [-0.05, 0) is 31.0 Å². The minimum Gasteiger partial charge on any atom is -0.481 e. The second kappa shape index (κ2) is 5.90. The lowest BCUT2D eigenvalue weighted by molar-refractivity contribution is -0.138. The zero-order valence-corrected chi connectivity index (χ0v) is 12.5. The largest absolute Gasteiger partial charge is 0.481 e. The van der Waals surface area contributed by atoms with Crippen LogP contribution >= 0.6 is 0 Å². The van der Waals surface area contributed by atoms with Crippen molar-refractivity contribution in [3.05, 3.63) is 29.3 Å². The third-order valence-corrected chi connectivity index (χ3v) is 5.04. The topological polar surface area (TPSA) is 92.7 Å². The highest BCUT2D eigenvalue weighted by Crippen LogP contribution is 2.27. The molecule has 1 saturated heterocycles. The fraction of sp³-hybridized carbons (Fsp3) is 0.462. The van der Waals surface area contributed by atoms with Gasteiger partial charge in [0.25, 0.3) is 0 Å². The number of ether oxygens (including phenoxy) is 1. The SMILES string of the molecule is Cc1cc(F)c(S(=O)(=O)NC2(CC(=O)O)CCOC2)cc1F. The lowest BCUT2D eigenvalue weighted by atomic mass is 9.96. The third kappa shape index (κ3) is 3.42. The standard InChI is InChI=1S/C13H15F2NO5S/c1-8-4-10(15)11(5-9(8)14)22(19,20)16-13(6-12(17)18)2-3-21-7-13/h4-5,16H,2-3,6-7H2,1H3,(H,17,18). The van der Waals surface area contributed by atoms with Crippen LogP contribution in [-0.2, 0) is 19.6 Å². The maximum absolute atomic E-state index is 13.9. The first kappa shape index (κ1) is 16.8. The summed E-state index contributed by atoms with van der Waals surface area (Å²) in [6, 6.07) is 1.36. The molecule has 2 N–H and O–H groups in total. The summed E-state index contributed by atoms with van der Waals surface area (Å²) >= 11 is 0. The van der Waals surface area contributed by atoms with Crippen LogP contribution in [0.25, 0.3) is 0 Å². The number of carboxylic acids is 1. The van der Waals surface area contributed by atoms with Crippen molar-refractivity contribution in [3.8, 4) is 0 Å². The van der Waals surface area contributed by atoms with E-state index in [1.165, 1.54) is 6.92 Å². The molecule has 0 saturated carbocycles. The highest BCUT2D eigenvalue weighted by molar-refractivity contribution is 7.89. The molecule has 0 radical (unpaired) electrons. The first-order valence-corrected chi connectivity index (χ1v) is 7.93. The monoisotopic (exact) mass is 335 g/mol. The van der Waals surface area contributed by atoms with Crippen LogP contribution in [0.3, 0.4) is 0 Å². The molecule has 122 valence electrons. The summed E-state index contributed by atoms with van der Waals surface area (Å²) in [4.78, 5) is 10.1. The average Bonchev–Trinajstić information content (AvgIpc) is 2.79. The van der Waals surface area contributed by atoms with E-state index >= 15 is 0 Å². The maximum atomic E-state index is 13.9. The Kier molecular flexibility index (Phi) is 4.50. The summed E-state index contributed by atoms with van der Waals surface area (Å²) in [6.07, 6.45) is -0.378. The molecule has 1 aliphatic heterocycles. The number of nitrogens with one attached hydrogen (secondary N) is 1. The summed E-state index contributed by atoms with van der Waals surface area (Å²) in [6.45, 7) is 1.34. The summed E-state index contributed by atoms with van der Waals surface area (Å²) < 4.78 is 59.2. The van der Waals surface area contributed by atoms with Crippen LogP contribution in [0.2, 0.25) is 0 Å². The lowest BCUT2D eigenvalue weighted by Crippen LogP contribution is -2.50. The predicted molar refractivity (Wildman–Crippen MR) is 71.8 cm³/mol. The van der Waals surface area contributed by atoms with Gasteiger partial charge in [-0.25, -0.2) is 21.9 Å². The number of hydrogen-bond acceptors (Lipinski definition) is 4. The minimum atomic E-state index is -4.43. The first-order valence-electron chi connectivity index (χ1n) is 6.44. The highest BCUT2D eigenvalue weighted by atomic mass is 32.2. The van der Waals surface area contributed by atoms with Crippen molar-refractivity contribution < 1.29 is 31.8 Å². The van der Waals surface area contributed by atoms with Gasteiger partial charge < -0.3 is 9.84 Å². The second-order valence-corrected chi connectivity index (χ2v) is 6.94. The van der Waals surface area contributed by atoms with Crippen LogP contribution in [0.5, 0.6) is 0 Å². The van der Waals surface area contributed by atoms with Crippen molar-refractivity contribution in [1.29, 1.82) is 0 Å². The van der Waals surface area contributed by atoms with Gasteiger partial charge in [-0.3, -0.25) is 4.79 Å². The van der Waals surface area contributed by atoms with Crippen molar-refractivity contribution in [2.75, 3.05) is 13.2 Å². The molecule has 0 amide bonds. The Balaban J connectivity index is 2.38. The number of benzene rings is 1. The quantitative estimate of drug-likeness (QED) is 0.843. The molecule has 0 aromatic heterocycles. The molecule has 22 heavy (non-hydrogen) atoms. The van der Waals surface area contributed by atoms with Crippen LogP contribution in [0.4, 0.5) is 8.78 Å². The lowest BCUT2D eigenvalue weighted by Gasteiger charge is -2.26. The molecule has 6 nitrogen and oxygen atoms in total. The predicted octanol–water partition coefficient (Wildman–Crippen LogP) is 1.19. The molecule has 1 heterocycles. The smallest absolute Gasteiger partial charge is 0.305 e. The summed E-state index contributed by atoms with van der Waals surface area (Å²) in [5.41, 5.74) is -1.39. The Morgan fingerprint density at radius 1 is 1.41 bits per heavy atom. The van der Waals surface area contributed by atoms with Crippen LogP contribution in [0.1, 0.15) is 18.4 Å². The number of aryl methyl sites for hydroxylation is 1. The normalized spacial score (nSPS) is 22.0. The number of carbonyl (C=O) groups is 1. The van der Waals surface area contributed by atoms with Gasteiger partial charge in [0.2, 0.25) is 10.0 Å². The van der Waals surface area contributed by atoms with Gasteiger partial charge in [0.05, 0.1) is 18.6 Å².